The van der Waals surface area contributed by atoms with Crippen LogP contribution in [0.25, 0.3) is 0 Å². The third kappa shape index (κ3) is 6.48. The van der Waals surface area contributed by atoms with E-state index in [1.165, 1.54) is 4.90 Å². The van der Waals surface area contributed by atoms with Crippen molar-refractivity contribution in [1.29, 1.82) is 0 Å². The Morgan fingerprint density at radius 2 is 2.00 bits per heavy atom. The number of ether oxygens (including phenoxy) is 1. The highest BCUT2D eigenvalue weighted by Crippen LogP contribution is 2.18. The van der Waals surface area contributed by atoms with E-state index in [-0.39, 0.29) is 11.6 Å². The van der Waals surface area contributed by atoms with E-state index in [1.54, 1.807) is 7.11 Å². The van der Waals surface area contributed by atoms with Crippen LogP contribution in [0.5, 0.6) is 0 Å². The Bertz CT molecular complexity index is 226. The maximum Gasteiger partial charge on any atom is 0.407 e. The summed E-state index contributed by atoms with van der Waals surface area (Å²) in [7, 11) is 1.66. The summed E-state index contributed by atoms with van der Waals surface area (Å²) in [5.74, 6) is 0. The first kappa shape index (κ1) is 16.2. The number of hydrogen-bond acceptors (Lipinski definition) is 3. The van der Waals surface area contributed by atoms with Crippen LogP contribution < -0.4 is 5.32 Å². The van der Waals surface area contributed by atoms with Crippen molar-refractivity contribution >= 4 is 6.09 Å². The van der Waals surface area contributed by atoms with Crippen LogP contribution in [0.3, 0.4) is 0 Å². The molecule has 0 spiro atoms. The molecule has 5 nitrogen and oxygen atoms in total. The van der Waals surface area contributed by atoms with Crippen LogP contribution in [0.2, 0.25) is 0 Å². The summed E-state index contributed by atoms with van der Waals surface area (Å²) in [5, 5.41) is 12.4. The second kappa shape index (κ2) is 7.50. The highest BCUT2D eigenvalue weighted by atomic mass is 16.5. The third-order valence-corrected chi connectivity index (χ3v) is 2.59. The molecule has 1 atom stereocenters. The van der Waals surface area contributed by atoms with Crippen molar-refractivity contribution in [1.82, 2.24) is 10.2 Å². The first-order valence-corrected chi connectivity index (χ1v) is 6.02. The second-order valence-electron chi connectivity index (χ2n) is 5.20. The third-order valence-electron chi connectivity index (χ3n) is 2.59. The van der Waals surface area contributed by atoms with Gasteiger partial charge in [-0.05, 0) is 40.7 Å². The molecule has 0 aromatic rings. The Balaban J connectivity index is 4.08. The van der Waals surface area contributed by atoms with Gasteiger partial charge in [-0.1, -0.05) is 0 Å². The van der Waals surface area contributed by atoms with Gasteiger partial charge in [0.2, 0.25) is 0 Å². The Morgan fingerprint density at radius 3 is 2.41 bits per heavy atom. The molecule has 0 aromatic carbocycles. The molecular weight excluding hydrogens is 220 g/mol. The van der Waals surface area contributed by atoms with Gasteiger partial charge in [-0.2, -0.15) is 0 Å². The smallest absolute Gasteiger partial charge is 0.407 e. The summed E-state index contributed by atoms with van der Waals surface area (Å²) in [6, 6.07) is 0.00236. The predicted molar refractivity (Wildman–Crippen MR) is 68.4 cm³/mol. The highest BCUT2D eigenvalue weighted by molar-refractivity contribution is 5.66. The quantitative estimate of drug-likeness (QED) is 0.672. The fraction of sp³-hybridized carbons (Fsp3) is 0.917. The molecule has 0 radical (unpaired) electrons. The van der Waals surface area contributed by atoms with Crippen LogP contribution in [-0.4, -0.2) is 54.5 Å². The van der Waals surface area contributed by atoms with Gasteiger partial charge in [0.15, 0.2) is 0 Å². The topological polar surface area (TPSA) is 61.8 Å². The lowest BCUT2D eigenvalue weighted by atomic mass is 10.0. The zero-order chi connectivity index (χ0) is 13.5. The number of rotatable bonds is 7. The standard InChI is InChI=1S/C12H26N2O3/c1-10(6-7-13-8-9-17-5)14(11(15)16)12(2,3)4/h10,13H,6-9H2,1-5H3,(H,15,16)/t10-/m0/s1. The van der Waals surface area contributed by atoms with Crippen LogP contribution in [0, 0.1) is 0 Å². The predicted octanol–water partition coefficient (Wildman–Crippen LogP) is 1.78. The molecule has 102 valence electrons. The largest absolute Gasteiger partial charge is 0.465 e. The minimum Gasteiger partial charge on any atom is -0.465 e. The summed E-state index contributed by atoms with van der Waals surface area (Å²) in [6.07, 6.45) is -0.0605. The average Bonchev–Trinajstić information content (AvgIpc) is 2.14. The monoisotopic (exact) mass is 246 g/mol. The molecule has 0 rings (SSSR count). The normalized spacial score (nSPS) is 13.5. The van der Waals surface area contributed by atoms with E-state index in [0.717, 1.165) is 19.5 Å². The van der Waals surface area contributed by atoms with E-state index in [4.69, 9.17) is 4.74 Å². The lowest BCUT2D eigenvalue weighted by Crippen LogP contribution is -2.50. The van der Waals surface area contributed by atoms with Crippen LogP contribution in [0.15, 0.2) is 0 Å². The summed E-state index contributed by atoms with van der Waals surface area (Å²) in [4.78, 5) is 12.7. The Kier molecular flexibility index (Phi) is 7.15. The summed E-state index contributed by atoms with van der Waals surface area (Å²) in [5.41, 5.74) is -0.363. The number of nitrogens with one attached hydrogen (secondary N) is 1. The van der Waals surface area contributed by atoms with Crippen LogP contribution >= 0.6 is 0 Å². The molecular formula is C12H26N2O3. The van der Waals surface area contributed by atoms with Gasteiger partial charge < -0.3 is 20.1 Å². The molecule has 0 aliphatic heterocycles. The minimum atomic E-state index is -0.859. The van der Waals surface area contributed by atoms with E-state index < -0.39 is 6.09 Å². The van der Waals surface area contributed by atoms with Crippen LogP contribution in [0.4, 0.5) is 4.79 Å². The fourth-order valence-electron chi connectivity index (χ4n) is 1.88. The molecule has 0 fully saturated rings. The van der Waals surface area contributed by atoms with Gasteiger partial charge in [-0.3, -0.25) is 0 Å². The number of amides is 1. The summed E-state index contributed by atoms with van der Waals surface area (Å²) < 4.78 is 4.92. The van der Waals surface area contributed by atoms with Gasteiger partial charge in [0.05, 0.1) is 6.61 Å². The number of methoxy groups -OCH3 is 1. The minimum absolute atomic E-state index is 0.00236. The van der Waals surface area contributed by atoms with Gasteiger partial charge in [0.25, 0.3) is 0 Å². The second-order valence-corrected chi connectivity index (χ2v) is 5.20. The van der Waals surface area contributed by atoms with Gasteiger partial charge in [-0.25, -0.2) is 4.79 Å². The van der Waals surface area contributed by atoms with Crippen molar-refractivity contribution in [2.75, 3.05) is 26.8 Å². The number of carboxylic acid groups (broad SMARTS) is 1. The van der Waals surface area contributed by atoms with Crippen molar-refractivity contribution < 1.29 is 14.6 Å². The molecule has 0 unspecified atom stereocenters. The van der Waals surface area contributed by atoms with Gasteiger partial charge in [0.1, 0.15) is 0 Å². The SMILES string of the molecule is COCCNCC[C@H](C)N(C(=O)O)C(C)(C)C. The lowest BCUT2D eigenvalue weighted by molar-refractivity contribution is 0.0727. The average molecular weight is 246 g/mol. The van der Waals surface area contributed by atoms with Crippen molar-refractivity contribution in [2.45, 2.75) is 45.7 Å². The van der Waals surface area contributed by atoms with Crippen LogP contribution in [-0.2, 0) is 4.74 Å². The molecule has 0 saturated heterocycles. The van der Waals surface area contributed by atoms with E-state index >= 15 is 0 Å². The zero-order valence-electron chi connectivity index (χ0n) is 11.6. The van der Waals surface area contributed by atoms with E-state index in [0.29, 0.717) is 6.61 Å². The van der Waals surface area contributed by atoms with Gasteiger partial charge >= 0.3 is 6.09 Å². The van der Waals surface area contributed by atoms with Crippen molar-refractivity contribution in [3.63, 3.8) is 0 Å². The number of carbonyl (C=O) groups is 1. The molecule has 0 aliphatic carbocycles. The zero-order valence-corrected chi connectivity index (χ0v) is 11.6. The molecule has 0 bridgehead atoms. The van der Waals surface area contributed by atoms with Crippen LogP contribution in [0.1, 0.15) is 34.1 Å². The summed E-state index contributed by atoms with van der Waals surface area (Å²) in [6.45, 7) is 9.95. The Hall–Kier alpha value is -0.810. The Labute approximate surface area is 104 Å². The number of hydrogen-bond donors (Lipinski definition) is 2. The molecule has 1 amide bonds. The maximum atomic E-state index is 11.2. The molecule has 0 saturated carbocycles. The van der Waals surface area contributed by atoms with E-state index in [2.05, 4.69) is 5.32 Å². The molecule has 0 aromatic heterocycles. The highest BCUT2D eigenvalue weighted by Gasteiger charge is 2.30. The van der Waals surface area contributed by atoms with E-state index in [1.807, 2.05) is 27.7 Å². The van der Waals surface area contributed by atoms with Crippen molar-refractivity contribution in [3.05, 3.63) is 0 Å². The Morgan fingerprint density at radius 1 is 1.41 bits per heavy atom. The lowest BCUT2D eigenvalue weighted by Gasteiger charge is -2.38. The molecule has 2 N–H and O–H groups in total. The fourth-order valence-corrected chi connectivity index (χ4v) is 1.88. The van der Waals surface area contributed by atoms with Crippen molar-refractivity contribution in [3.8, 4) is 0 Å². The van der Waals surface area contributed by atoms with Gasteiger partial charge in [0, 0.05) is 25.2 Å². The maximum absolute atomic E-state index is 11.2. The summed E-state index contributed by atoms with van der Waals surface area (Å²) >= 11 is 0. The van der Waals surface area contributed by atoms with Crippen molar-refractivity contribution in [2.24, 2.45) is 0 Å². The molecule has 0 heterocycles. The molecule has 17 heavy (non-hydrogen) atoms. The molecule has 5 heteroatoms. The first-order valence-electron chi connectivity index (χ1n) is 6.02. The molecule has 0 aliphatic rings. The number of nitrogens with zero attached hydrogens (tertiary/aromatic N) is 1. The first-order chi connectivity index (χ1) is 7.80. The van der Waals surface area contributed by atoms with Gasteiger partial charge in [-0.15, -0.1) is 0 Å². The van der Waals surface area contributed by atoms with E-state index in [9.17, 15) is 9.90 Å².